The fraction of sp³-hybridized carbons (Fsp3) is 0. The van der Waals surface area contributed by atoms with Gasteiger partial charge >= 0.3 is 0 Å². The van der Waals surface area contributed by atoms with E-state index in [-0.39, 0.29) is 0 Å². The normalized spacial score (nSPS) is 10.5. The third-order valence-corrected chi connectivity index (χ3v) is 1.46. The lowest BCUT2D eigenvalue weighted by molar-refractivity contribution is 0.322. The van der Waals surface area contributed by atoms with Crippen molar-refractivity contribution in [2.45, 2.75) is 0 Å². The molecule has 0 saturated heterocycles. The summed E-state index contributed by atoms with van der Waals surface area (Å²) < 4.78 is 0. The van der Waals surface area contributed by atoms with Crippen molar-refractivity contribution in [2.75, 3.05) is 0 Å². The molecule has 1 heterocycles. The quantitative estimate of drug-likeness (QED) is 0.344. The second-order valence-electron chi connectivity index (χ2n) is 1.19. The van der Waals surface area contributed by atoms with Gasteiger partial charge in [0.1, 0.15) is 6.21 Å². The fourth-order valence-corrected chi connectivity index (χ4v) is 0.946. The molecule has 2 nitrogen and oxygen atoms in total. The van der Waals surface area contributed by atoms with Crippen molar-refractivity contribution in [3.05, 3.63) is 22.4 Å². The molecule has 0 aromatic carbocycles. The van der Waals surface area contributed by atoms with E-state index in [1.807, 2.05) is 17.5 Å². The summed E-state index contributed by atoms with van der Waals surface area (Å²) in [6.45, 7) is 0. The van der Waals surface area contributed by atoms with Gasteiger partial charge in [-0.25, -0.2) is 0 Å². The molecule has 0 bridgehead atoms. The molecule has 0 amide bonds. The summed E-state index contributed by atoms with van der Waals surface area (Å²) >= 11 is 1.48. The maximum atomic E-state index is 7.96. The van der Waals surface area contributed by atoms with Crippen LogP contribution in [0.2, 0.25) is 0 Å². The molecule has 1 radical (unpaired) electrons. The molecule has 41 valence electrons. The zero-order valence-corrected chi connectivity index (χ0v) is 4.85. The Bertz CT molecular complexity index is 169. The molecule has 0 atom stereocenters. The highest BCUT2D eigenvalue weighted by Gasteiger charge is 1.84. The maximum absolute atomic E-state index is 7.96. The standard InChI is InChI=1S/C5H4NOS/c7-6-4-5-2-1-3-8-5/h1-3,7H. The first-order valence-corrected chi connectivity index (χ1v) is 2.95. The zero-order chi connectivity index (χ0) is 5.82. The molecule has 0 saturated carbocycles. The lowest BCUT2D eigenvalue weighted by Gasteiger charge is -1.71. The van der Waals surface area contributed by atoms with E-state index in [1.54, 1.807) is 0 Å². The summed E-state index contributed by atoms with van der Waals surface area (Å²) in [6, 6.07) is 3.70. The van der Waals surface area contributed by atoms with Crippen molar-refractivity contribution in [1.29, 1.82) is 0 Å². The van der Waals surface area contributed by atoms with Gasteiger partial charge in [0.2, 0.25) is 0 Å². The van der Waals surface area contributed by atoms with Crippen LogP contribution in [0, 0.1) is 0 Å². The van der Waals surface area contributed by atoms with Crippen molar-refractivity contribution in [3.63, 3.8) is 0 Å². The third kappa shape index (κ3) is 1.07. The minimum atomic E-state index is 0.840. The molecule has 8 heavy (non-hydrogen) atoms. The van der Waals surface area contributed by atoms with Crippen LogP contribution >= 0.6 is 11.3 Å². The van der Waals surface area contributed by atoms with E-state index in [2.05, 4.69) is 11.4 Å². The van der Waals surface area contributed by atoms with Crippen molar-refractivity contribution in [3.8, 4) is 0 Å². The van der Waals surface area contributed by atoms with E-state index in [4.69, 9.17) is 5.21 Å². The Kier molecular flexibility index (Phi) is 1.64. The predicted molar refractivity (Wildman–Crippen MR) is 32.6 cm³/mol. The monoisotopic (exact) mass is 126 g/mol. The predicted octanol–water partition coefficient (Wildman–Crippen LogP) is 1.43. The zero-order valence-electron chi connectivity index (χ0n) is 4.03. The Labute approximate surface area is 51.1 Å². The van der Waals surface area contributed by atoms with Crippen LogP contribution in [0.1, 0.15) is 4.88 Å². The van der Waals surface area contributed by atoms with Crippen LogP contribution in [-0.4, -0.2) is 11.4 Å². The van der Waals surface area contributed by atoms with Crippen LogP contribution in [0.25, 0.3) is 0 Å². The van der Waals surface area contributed by atoms with Gasteiger partial charge in [0.25, 0.3) is 0 Å². The van der Waals surface area contributed by atoms with Gasteiger partial charge in [-0.05, 0) is 11.4 Å². The molecule has 0 unspecified atom stereocenters. The Balaban J connectivity index is 2.77. The minimum absolute atomic E-state index is 0.840. The van der Waals surface area contributed by atoms with Gasteiger partial charge in [0.15, 0.2) is 0 Å². The SMILES string of the molecule is O/N=[C]/c1cccs1. The molecular formula is C5H4NOS. The van der Waals surface area contributed by atoms with E-state index in [9.17, 15) is 0 Å². The molecule has 1 N–H and O–H groups in total. The number of hydrogen-bond acceptors (Lipinski definition) is 3. The molecule has 3 heteroatoms. The van der Waals surface area contributed by atoms with E-state index >= 15 is 0 Å². The molecule has 0 fully saturated rings. The van der Waals surface area contributed by atoms with Crippen LogP contribution in [0.4, 0.5) is 0 Å². The smallest absolute Gasteiger partial charge is 0.150 e. The van der Waals surface area contributed by atoms with E-state index in [1.165, 1.54) is 11.3 Å². The van der Waals surface area contributed by atoms with Gasteiger partial charge in [0.05, 0.1) is 4.88 Å². The summed E-state index contributed by atoms with van der Waals surface area (Å²) in [6.07, 6.45) is 2.39. The first-order chi connectivity index (χ1) is 3.93. The highest BCUT2D eigenvalue weighted by molar-refractivity contribution is 7.11. The molecule has 1 aromatic heterocycles. The molecule has 1 rings (SSSR count). The van der Waals surface area contributed by atoms with Crippen molar-refractivity contribution in [2.24, 2.45) is 5.16 Å². The highest BCUT2D eigenvalue weighted by Crippen LogP contribution is 2.03. The van der Waals surface area contributed by atoms with Gasteiger partial charge in [0, 0.05) is 0 Å². The number of nitrogens with zero attached hydrogens (tertiary/aromatic N) is 1. The van der Waals surface area contributed by atoms with Crippen LogP contribution in [-0.2, 0) is 0 Å². The third-order valence-electron chi connectivity index (χ3n) is 0.681. The first-order valence-electron chi connectivity index (χ1n) is 2.07. The lowest BCUT2D eigenvalue weighted by Crippen LogP contribution is -1.67. The summed E-state index contributed by atoms with van der Waals surface area (Å²) in [4.78, 5) is 0.840. The lowest BCUT2D eigenvalue weighted by atomic mass is 10.5. The van der Waals surface area contributed by atoms with Crippen molar-refractivity contribution >= 4 is 17.6 Å². The van der Waals surface area contributed by atoms with Crippen molar-refractivity contribution < 1.29 is 5.21 Å². The van der Waals surface area contributed by atoms with Crippen molar-refractivity contribution in [1.82, 2.24) is 0 Å². The van der Waals surface area contributed by atoms with E-state index < -0.39 is 0 Å². The minimum Gasteiger partial charge on any atom is -0.410 e. The van der Waals surface area contributed by atoms with Crippen LogP contribution in [0.5, 0.6) is 0 Å². The fourth-order valence-electron chi connectivity index (χ4n) is 0.391. The molecule has 0 aliphatic heterocycles. The topological polar surface area (TPSA) is 32.6 Å². The van der Waals surface area contributed by atoms with Gasteiger partial charge < -0.3 is 5.21 Å². The number of hydrogen-bond donors (Lipinski definition) is 1. The second-order valence-corrected chi connectivity index (χ2v) is 2.14. The molecule has 0 spiro atoms. The average Bonchev–Trinajstić information content (AvgIpc) is 2.19. The summed E-state index contributed by atoms with van der Waals surface area (Å²) in [5.74, 6) is 0. The van der Waals surface area contributed by atoms with Crippen LogP contribution < -0.4 is 0 Å². The Morgan fingerprint density at radius 2 is 2.62 bits per heavy atom. The van der Waals surface area contributed by atoms with Gasteiger partial charge in [-0.2, -0.15) is 0 Å². The Morgan fingerprint density at radius 3 is 3.12 bits per heavy atom. The molecule has 0 aliphatic carbocycles. The largest absolute Gasteiger partial charge is 0.410 e. The van der Waals surface area contributed by atoms with Gasteiger partial charge in [-0.1, -0.05) is 11.2 Å². The van der Waals surface area contributed by atoms with Crippen LogP contribution in [0.3, 0.4) is 0 Å². The van der Waals surface area contributed by atoms with Crippen LogP contribution in [0.15, 0.2) is 22.7 Å². The summed E-state index contributed by atoms with van der Waals surface area (Å²) in [5.41, 5.74) is 0. The Hall–Kier alpha value is -0.830. The highest BCUT2D eigenvalue weighted by atomic mass is 32.1. The number of rotatable bonds is 1. The average molecular weight is 126 g/mol. The molecule has 1 aromatic rings. The Morgan fingerprint density at radius 1 is 1.75 bits per heavy atom. The molecular weight excluding hydrogens is 122 g/mol. The number of thiophene rings is 1. The summed E-state index contributed by atoms with van der Waals surface area (Å²) in [7, 11) is 0. The van der Waals surface area contributed by atoms with Gasteiger partial charge in [-0.15, -0.1) is 11.3 Å². The maximum Gasteiger partial charge on any atom is 0.150 e. The van der Waals surface area contributed by atoms with Gasteiger partial charge in [-0.3, -0.25) is 0 Å². The second kappa shape index (κ2) is 2.47. The van der Waals surface area contributed by atoms with E-state index in [0.29, 0.717) is 0 Å². The van der Waals surface area contributed by atoms with E-state index in [0.717, 1.165) is 4.88 Å². The summed E-state index contributed by atoms with van der Waals surface area (Å²) in [5, 5.41) is 12.6. The first kappa shape index (κ1) is 5.31. The molecule has 0 aliphatic rings.